The Balaban J connectivity index is 2.09. The van der Waals surface area contributed by atoms with Gasteiger partial charge in [0.25, 0.3) is 0 Å². The van der Waals surface area contributed by atoms with Crippen LogP contribution in [-0.2, 0) is 5.75 Å². The number of thioether (sulfide) groups is 1. The third kappa shape index (κ3) is 3.76. The van der Waals surface area contributed by atoms with Crippen molar-refractivity contribution in [1.29, 1.82) is 0 Å². The number of aromatic nitrogens is 3. The summed E-state index contributed by atoms with van der Waals surface area (Å²) in [5.74, 6) is 0.845. The largest absolute Gasteiger partial charge is 0.311 e. The smallest absolute Gasteiger partial charge is 0.201 e. The Morgan fingerprint density at radius 1 is 1.18 bits per heavy atom. The first-order valence-corrected chi connectivity index (χ1v) is 6.83. The summed E-state index contributed by atoms with van der Waals surface area (Å²) in [5.41, 5.74) is 2.51. The Hall–Kier alpha value is -0.980. The summed E-state index contributed by atoms with van der Waals surface area (Å²) in [6.07, 6.45) is 0. The van der Waals surface area contributed by atoms with E-state index < -0.39 is 0 Å². The molecule has 1 heterocycles. The third-order valence-electron chi connectivity index (χ3n) is 2.14. The molecule has 88 valence electrons. The predicted octanol–water partition coefficient (Wildman–Crippen LogP) is 3.80. The lowest BCUT2D eigenvalue weighted by Crippen LogP contribution is -1.92. The molecule has 0 radical (unpaired) electrons. The molecule has 1 aromatic carbocycles. The van der Waals surface area contributed by atoms with Crippen LogP contribution in [0.3, 0.4) is 0 Å². The maximum Gasteiger partial charge on any atom is 0.201 e. The highest BCUT2D eigenvalue weighted by Gasteiger charge is 1.98. The number of nitrogens with one attached hydrogen (secondary N) is 2. The molecule has 0 amide bonds. The van der Waals surface area contributed by atoms with Crippen LogP contribution in [0.2, 0.25) is 0 Å². The quantitative estimate of drug-likeness (QED) is 0.663. The second-order valence-electron chi connectivity index (χ2n) is 3.58. The van der Waals surface area contributed by atoms with Gasteiger partial charge in [0.15, 0.2) is 9.93 Å². The molecule has 0 aliphatic carbocycles. The summed E-state index contributed by atoms with van der Waals surface area (Å²) in [6.45, 7) is 2.08. The van der Waals surface area contributed by atoms with Crippen LogP contribution in [0.4, 0.5) is 0 Å². The molecule has 0 unspecified atom stereocenters. The van der Waals surface area contributed by atoms with Crippen LogP contribution in [0, 0.1) is 16.5 Å². The van der Waals surface area contributed by atoms with E-state index in [1.807, 2.05) is 0 Å². The van der Waals surface area contributed by atoms with Gasteiger partial charge in [0.1, 0.15) is 0 Å². The zero-order valence-electron chi connectivity index (χ0n) is 9.19. The van der Waals surface area contributed by atoms with Crippen LogP contribution < -0.4 is 0 Å². The molecule has 0 saturated heterocycles. The standard InChI is InChI=1S/C11H11N3S3/c1-7-2-4-8(5-3-7)6-17-11-13-9(15)12-10(16)14-11/h2-5H,6H2,1H3,(H2,12,13,14,15,16). The first-order chi connectivity index (χ1) is 8.13. The fourth-order valence-electron chi connectivity index (χ4n) is 1.28. The topological polar surface area (TPSA) is 44.5 Å². The van der Waals surface area contributed by atoms with E-state index in [4.69, 9.17) is 24.4 Å². The van der Waals surface area contributed by atoms with Crippen LogP contribution in [0.1, 0.15) is 11.1 Å². The molecule has 0 aliphatic rings. The average Bonchev–Trinajstić information content (AvgIpc) is 2.27. The maximum absolute atomic E-state index is 5.00. The number of nitrogens with zero attached hydrogens (tertiary/aromatic N) is 1. The Bertz CT molecular complexity index is 585. The van der Waals surface area contributed by atoms with Crippen molar-refractivity contribution in [2.75, 3.05) is 0 Å². The highest BCUT2D eigenvalue weighted by Crippen LogP contribution is 2.18. The van der Waals surface area contributed by atoms with Gasteiger partial charge < -0.3 is 9.97 Å². The van der Waals surface area contributed by atoms with Crippen LogP contribution >= 0.6 is 36.2 Å². The van der Waals surface area contributed by atoms with Crippen molar-refractivity contribution in [3.63, 3.8) is 0 Å². The van der Waals surface area contributed by atoms with E-state index in [1.165, 1.54) is 11.1 Å². The summed E-state index contributed by atoms with van der Waals surface area (Å²) < 4.78 is 0.927. The molecule has 0 bridgehead atoms. The number of hydrogen-bond donors (Lipinski definition) is 2. The summed E-state index contributed by atoms with van der Waals surface area (Å²) in [7, 11) is 0. The molecule has 6 heteroatoms. The van der Waals surface area contributed by atoms with Gasteiger partial charge in [-0.15, -0.1) is 0 Å². The highest BCUT2D eigenvalue weighted by molar-refractivity contribution is 7.98. The van der Waals surface area contributed by atoms with Crippen LogP contribution in [-0.4, -0.2) is 15.0 Å². The molecule has 1 aromatic heterocycles. The lowest BCUT2D eigenvalue weighted by molar-refractivity contribution is 0.872. The molecule has 0 spiro atoms. The molecule has 2 N–H and O–H groups in total. The van der Waals surface area contributed by atoms with Gasteiger partial charge in [-0.2, -0.15) is 4.98 Å². The minimum atomic E-state index is 0.417. The lowest BCUT2D eigenvalue weighted by atomic mass is 10.2. The maximum atomic E-state index is 5.00. The van der Waals surface area contributed by atoms with E-state index in [2.05, 4.69) is 46.1 Å². The molecule has 17 heavy (non-hydrogen) atoms. The SMILES string of the molecule is Cc1ccc(CSc2nc(=S)[nH]c(=S)[nH]2)cc1. The molecule has 2 aromatic rings. The van der Waals surface area contributed by atoms with E-state index in [-0.39, 0.29) is 0 Å². The van der Waals surface area contributed by atoms with E-state index in [0.29, 0.717) is 9.54 Å². The van der Waals surface area contributed by atoms with Crippen molar-refractivity contribution < 1.29 is 0 Å². The molecule has 0 aliphatic heterocycles. The number of H-pyrrole nitrogens is 2. The fraction of sp³-hybridized carbons (Fsp3) is 0.182. The van der Waals surface area contributed by atoms with Gasteiger partial charge in [0.2, 0.25) is 4.77 Å². The minimum absolute atomic E-state index is 0.417. The molecule has 0 saturated carbocycles. The van der Waals surface area contributed by atoms with Gasteiger partial charge in [-0.3, -0.25) is 0 Å². The zero-order chi connectivity index (χ0) is 12.3. The second kappa shape index (κ2) is 5.57. The first-order valence-electron chi connectivity index (χ1n) is 5.02. The van der Waals surface area contributed by atoms with E-state index in [1.54, 1.807) is 11.8 Å². The minimum Gasteiger partial charge on any atom is -0.311 e. The number of rotatable bonds is 3. The van der Waals surface area contributed by atoms with E-state index in [9.17, 15) is 0 Å². The number of hydrogen-bond acceptors (Lipinski definition) is 4. The van der Waals surface area contributed by atoms with Crippen molar-refractivity contribution in [2.24, 2.45) is 0 Å². The number of benzene rings is 1. The number of aryl methyl sites for hydroxylation is 1. The zero-order valence-corrected chi connectivity index (χ0v) is 11.6. The monoisotopic (exact) mass is 281 g/mol. The summed E-state index contributed by atoms with van der Waals surface area (Å²) >= 11 is 11.6. The van der Waals surface area contributed by atoms with Gasteiger partial charge in [-0.05, 0) is 36.9 Å². The predicted molar refractivity (Wildman–Crippen MR) is 75.3 cm³/mol. The van der Waals surface area contributed by atoms with E-state index >= 15 is 0 Å². The van der Waals surface area contributed by atoms with Gasteiger partial charge >= 0.3 is 0 Å². The van der Waals surface area contributed by atoms with Crippen molar-refractivity contribution >= 4 is 36.2 Å². The lowest BCUT2D eigenvalue weighted by Gasteiger charge is -2.01. The Kier molecular flexibility index (Phi) is 4.09. The second-order valence-corrected chi connectivity index (χ2v) is 5.33. The summed E-state index contributed by atoms with van der Waals surface area (Å²) in [5, 5.41) is 0.749. The van der Waals surface area contributed by atoms with Gasteiger partial charge in [-0.1, -0.05) is 41.6 Å². The van der Waals surface area contributed by atoms with Gasteiger partial charge in [0, 0.05) is 5.75 Å². The average molecular weight is 281 g/mol. The molecule has 0 fully saturated rings. The van der Waals surface area contributed by atoms with Crippen LogP contribution in [0.15, 0.2) is 29.4 Å². The Morgan fingerprint density at radius 3 is 2.53 bits per heavy atom. The Morgan fingerprint density at radius 2 is 1.88 bits per heavy atom. The molecule has 0 atom stereocenters. The highest BCUT2D eigenvalue weighted by atomic mass is 32.2. The van der Waals surface area contributed by atoms with Crippen LogP contribution in [0.5, 0.6) is 0 Å². The number of aromatic amines is 2. The van der Waals surface area contributed by atoms with Crippen molar-refractivity contribution in [3.8, 4) is 0 Å². The fourth-order valence-corrected chi connectivity index (χ4v) is 2.68. The molecule has 3 nitrogen and oxygen atoms in total. The van der Waals surface area contributed by atoms with E-state index in [0.717, 1.165) is 10.9 Å². The summed E-state index contributed by atoms with van der Waals surface area (Å²) in [4.78, 5) is 9.91. The molecular weight excluding hydrogens is 270 g/mol. The van der Waals surface area contributed by atoms with Crippen molar-refractivity contribution in [1.82, 2.24) is 15.0 Å². The van der Waals surface area contributed by atoms with Crippen molar-refractivity contribution in [3.05, 3.63) is 44.9 Å². The van der Waals surface area contributed by atoms with Crippen LogP contribution in [0.25, 0.3) is 0 Å². The summed E-state index contributed by atoms with van der Waals surface area (Å²) in [6, 6.07) is 8.42. The van der Waals surface area contributed by atoms with Gasteiger partial charge in [-0.25, -0.2) is 0 Å². The first kappa shape index (κ1) is 12.5. The normalized spacial score (nSPS) is 10.4. The molecule has 2 rings (SSSR count). The molecular formula is C11H11N3S3. The van der Waals surface area contributed by atoms with Gasteiger partial charge in [0.05, 0.1) is 0 Å². The van der Waals surface area contributed by atoms with Crippen molar-refractivity contribution in [2.45, 2.75) is 17.8 Å². The Labute approximate surface area is 114 Å². The third-order valence-corrected chi connectivity index (χ3v) is 3.48.